The number of amides is 1. The minimum absolute atomic E-state index is 0.150. The Kier molecular flexibility index (Phi) is 3.80. The van der Waals surface area contributed by atoms with Crippen molar-refractivity contribution in [1.82, 2.24) is 4.90 Å². The number of carbonyl (C=O) groups is 1. The molecule has 1 aromatic rings. The molecule has 0 radical (unpaired) electrons. The fourth-order valence-electron chi connectivity index (χ4n) is 4.38. The van der Waals surface area contributed by atoms with E-state index in [0.717, 1.165) is 56.4 Å². The van der Waals surface area contributed by atoms with E-state index >= 15 is 0 Å². The van der Waals surface area contributed by atoms with Crippen molar-refractivity contribution in [3.05, 3.63) is 29.6 Å². The first-order chi connectivity index (χ1) is 11.6. The number of piperidine rings is 1. The summed E-state index contributed by atoms with van der Waals surface area (Å²) < 4.78 is 13.9. The summed E-state index contributed by atoms with van der Waals surface area (Å²) in [7, 11) is 0. The van der Waals surface area contributed by atoms with E-state index < -0.39 is 0 Å². The number of nitriles is 1. The van der Waals surface area contributed by atoms with Crippen LogP contribution in [0.1, 0.15) is 37.7 Å². The van der Waals surface area contributed by atoms with Crippen LogP contribution in [0.2, 0.25) is 0 Å². The van der Waals surface area contributed by atoms with Gasteiger partial charge in [0.25, 0.3) is 0 Å². The summed E-state index contributed by atoms with van der Waals surface area (Å²) in [6.07, 6.45) is 4.84. The number of nitrogens with zero attached hydrogens (tertiary/aromatic N) is 3. The average Bonchev–Trinajstić information content (AvgIpc) is 2.83. The predicted octanol–water partition coefficient (Wildman–Crippen LogP) is 2.83. The molecule has 4 nitrogen and oxygen atoms in total. The third-order valence-corrected chi connectivity index (χ3v) is 6.11. The van der Waals surface area contributed by atoms with Gasteiger partial charge in [-0.1, -0.05) is 6.42 Å². The molecule has 5 heteroatoms. The highest BCUT2D eigenvalue weighted by atomic mass is 19.1. The molecule has 0 aromatic heterocycles. The molecule has 0 atom stereocenters. The normalized spacial score (nSPS) is 22.9. The number of benzene rings is 1. The zero-order valence-electron chi connectivity index (χ0n) is 13.8. The topological polar surface area (TPSA) is 47.3 Å². The van der Waals surface area contributed by atoms with Gasteiger partial charge in [0.05, 0.1) is 12.6 Å². The van der Waals surface area contributed by atoms with Crippen LogP contribution < -0.4 is 4.90 Å². The maximum Gasteiger partial charge on any atom is 0.230 e. The lowest BCUT2D eigenvalue weighted by atomic mass is 9.74. The molecule has 4 rings (SSSR count). The van der Waals surface area contributed by atoms with Crippen molar-refractivity contribution >= 4 is 11.6 Å². The smallest absolute Gasteiger partial charge is 0.230 e. The average molecular weight is 327 g/mol. The molecule has 1 saturated carbocycles. The minimum atomic E-state index is -0.231. The first-order valence-corrected chi connectivity index (χ1v) is 8.84. The second-order valence-corrected chi connectivity index (χ2v) is 7.43. The maximum absolute atomic E-state index is 13.9. The van der Waals surface area contributed by atoms with E-state index in [-0.39, 0.29) is 23.1 Å². The van der Waals surface area contributed by atoms with E-state index in [0.29, 0.717) is 13.1 Å². The van der Waals surface area contributed by atoms with Crippen LogP contribution in [0, 0.1) is 23.1 Å². The molecule has 0 unspecified atom stereocenters. The number of halogens is 1. The van der Waals surface area contributed by atoms with Gasteiger partial charge in [0, 0.05) is 36.7 Å². The molecule has 1 amide bonds. The van der Waals surface area contributed by atoms with Crippen molar-refractivity contribution in [3.63, 3.8) is 0 Å². The van der Waals surface area contributed by atoms with Crippen LogP contribution in [0.5, 0.6) is 0 Å². The summed E-state index contributed by atoms with van der Waals surface area (Å²) in [6.45, 7) is 2.77. The molecule has 0 N–H and O–H groups in total. The van der Waals surface area contributed by atoms with Crippen molar-refractivity contribution in [2.45, 2.75) is 37.5 Å². The van der Waals surface area contributed by atoms with Gasteiger partial charge in [0.15, 0.2) is 0 Å². The van der Waals surface area contributed by atoms with Crippen LogP contribution in [-0.2, 0) is 10.2 Å². The summed E-state index contributed by atoms with van der Waals surface area (Å²) in [5, 5.41) is 8.88. The van der Waals surface area contributed by atoms with Gasteiger partial charge in [-0.25, -0.2) is 4.39 Å². The molecule has 1 aromatic carbocycles. The molecule has 24 heavy (non-hydrogen) atoms. The van der Waals surface area contributed by atoms with Crippen LogP contribution in [0.25, 0.3) is 0 Å². The highest BCUT2D eigenvalue weighted by molar-refractivity contribution is 5.98. The van der Waals surface area contributed by atoms with Crippen molar-refractivity contribution in [2.24, 2.45) is 5.92 Å². The fourth-order valence-corrected chi connectivity index (χ4v) is 4.38. The van der Waals surface area contributed by atoms with Gasteiger partial charge in [0.2, 0.25) is 5.91 Å². The van der Waals surface area contributed by atoms with Crippen LogP contribution in [0.4, 0.5) is 10.1 Å². The first kappa shape index (κ1) is 15.6. The lowest BCUT2D eigenvalue weighted by Crippen LogP contribution is -2.47. The zero-order chi connectivity index (χ0) is 16.7. The number of likely N-dealkylation sites (tertiary alicyclic amines) is 1. The summed E-state index contributed by atoms with van der Waals surface area (Å²) in [5.74, 6) is 0.132. The molecule has 2 aliphatic heterocycles. The molecule has 126 valence electrons. The summed E-state index contributed by atoms with van der Waals surface area (Å²) in [6, 6.07) is 7.07. The van der Waals surface area contributed by atoms with Gasteiger partial charge < -0.3 is 4.90 Å². The third kappa shape index (κ3) is 2.41. The number of hydrogen-bond donors (Lipinski definition) is 0. The van der Waals surface area contributed by atoms with E-state index in [1.807, 2.05) is 4.90 Å². The molecule has 2 heterocycles. The van der Waals surface area contributed by atoms with Crippen molar-refractivity contribution in [2.75, 3.05) is 31.1 Å². The van der Waals surface area contributed by atoms with E-state index in [1.165, 1.54) is 6.07 Å². The number of hydrogen-bond acceptors (Lipinski definition) is 3. The van der Waals surface area contributed by atoms with Crippen molar-refractivity contribution in [3.8, 4) is 6.07 Å². The van der Waals surface area contributed by atoms with Gasteiger partial charge >= 0.3 is 0 Å². The number of anilines is 1. The van der Waals surface area contributed by atoms with Gasteiger partial charge in [-0.2, -0.15) is 5.26 Å². The van der Waals surface area contributed by atoms with Crippen LogP contribution in [-0.4, -0.2) is 37.0 Å². The lowest BCUT2D eigenvalue weighted by molar-refractivity contribution is -0.124. The largest absolute Gasteiger partial charge is 0.311 e. The van der Waals surface area contributed by atoms with Crippen LogP contribution in [0.3, 0.4) is 0 Å². The predicted molar refractivity (Wildman–Crippen MR) is 89.1 cm³/mol. The molecule has 1 aliphatic carbocycles. The van der Waals surface area contributed by atoms with Gasteiger partial charge in [-0.05, 0) is 49.4 Å². The Morgan fingerprint density at radius 1 is 1.33 bits per heavy atom. The minimum Gasteiger partial charge on any atom is -0.311 e. The molecule has 1 spiro atoms. The molecule has 2 fully saturated rings. The van der Waals surface area contributed by atoms with Crippen molar-refractivity contribution in [1.29, 1.82) is 5.26 Å². The lowest BCUT2D eigenvalue weighted by Gasteiger charge is -2.39. The Labute approximate surface area is 141 Å². The van der Waals surface area contributed by atoms with Crippen LogP contribution in [0.15, 0.2) is 18.2 Å². The third-order valence-electron chi connectivity index (χ3n) is 6.11. The van der Waals surface area contributed by atoms with E-state index in [2.05, 4.69) is 11.0 Å². The Bertz CT molecular complexity index is 699. The van der Waals surface area contributed by atoms with Gasteiger partial charge in [0.1, 0.15) is 5.82 Å². The monoisotopic (exact) mass is 327 g/mol. The number of rotatable bonds is 2. The molecule has 0 bridgehead atoms. The summed E-state index contributed by atoms with van der Waals surface area (Å²) in [5.41, 5.74) is 1.75. The summed E-state index contributed by atoms with van der Waals surface area (Å²) >= 11 is 0. The SMILES string of the molecule is N#CCN1CCC2(CC1)CN(C(=O)C1CCC1)c1ccc(F)cc12. The Balaban J connectivity index is 1.64. The van der Waals surface area contributed by atoms with E-state index in [4.69, 9.17) is 5.26 Å². The molecule has 3 aliphatic rings. The van der Waals surface area contributed by atoms with E-state index in [1.54, 1.807) is 12.1 Å². The second kappa shape index (κ2) is 5.86. The van der Waals surface area contributed by atoms with E-state index in [9.17, 15) is 9.18 Å². The van der Waals surface area contributed by atoms with Gasteiger partial charge in [-0.15, -0.1) is 0 Å². The summed E-state index contributed by atoms with van der Waals surface area (Å²) in [4.78, 5) is 16.9. The first-order valence-electron chi connectivity index (χ1n) is 8.84. The Morgan fingerprint density at radius 3 is 2.71 bits per heavy atom. The maximum atomic E-state index is 13.9. The molecule has 1 saturated heterocycles. The number of fused-ring (bicyclic) bond motifs is 2. The highest BCUT2D eigenvalue weighted by Crippen LogP contribution is 2.48. The molecular formula is C19H22FN3O. The van der Waals surface area contributed by atoms with Crippen LogP contribution >= 0.6 is 0 Å². The zero-order valence-corrected chi connectivity index (χ0v) is 13.8. The van der Waals surface area contributed by atoms with Crippen molar-refractivity contribution < 1.29 is 9.18 Å². The Hall–Kier alpha value is -1.93. The fraction of sp³-hybridized carbons (Fsp3) is 0.579. The quantitative estimate of drug-likeness (QED) is 0.785. The number of carbonyl (C=O) groups excluding carboxylic acids is 1. The van der Waals surface area contributed by atoms with Gasteiger partial charge in [-0.3, -0.25) is 9.69 Å². The molecular weight excluding hydrogens is 305 g/mol. The second-order valence-electron chi connectivity index (χ2n) is 7.43. The standard InChI is InChI=1S/C19H22FN3O/c20-15-4-5-17-16(12-15)19(6-9-22(10-7-19)11-8-21)13-23(17)18(24)14-2-1-3-14/h4-5,12,14H,1-3,6-7,9-11,13H2. The highest BCUT2D eigenvalue weighted by Gasteiger charge is 2.47. The Morgan fingerprint density at radius 2 is 2.08 bits per heavy atom.